The van der Waals surface area contributed by atoms with E-state index in [9.17, 15) is 14.7 Å². The first-order valence-electron chi connectivity index (χ1n) is 8.32. The van der Waals surface area contributed by atoms with Crippen LogP contribution in [0.15, 0.2) is 42.5 Å². The lowest BCUT2D eigenvalue weighted by Gasteiger charge is -2.14. The molecule has 2 aromatic carbocycles. The number of esters is 1. The van der Waals surface area contributed by atoms with Crippen LogP contribution in [0.4, 0.5) is 0 Å². The first kappa shape index (κ1) is 19.3. The summed E-state index contributed by atoms with van der Waals surface area (Å²) in [5.74, 6) is -0.238. The number of nitrogens with one attached hydrogen (secondary N) is 1. The van der Waals surface area contributed by atoms with Gasteiger partial charge >= 0.3 is 5.97 Å². The number of benzene rings is 2. The number of rotatable bonds is 7. The van der Waals surface area contributed by atoms with Gasteiger partial charge in [0.05, 0.1) is 12.7 Å². The molecule has 0 saturated carbocycles. The Hall–Kier alpha value is -3.02. The van der Waals surface area contributed by atoms with E-state index in [2.05, 4.69) is 5.32 Å². The van der Waals surface area contributed by atoms with Crippen LogP contribution in [0.5, 0.6) is 11.5 Å². The highest BCUT2D eigenvalue weighted by molar-refractivity contribution is 5.92. The lowest BCUT2D eigenvalue weighted by molar-refractivity contribution is -0.129. The van der Waals surface area contributed by atoms with Gasteiger partial charge in [-0.15, -0.1) is 0 Å². The van der Waals surface area contributed by atoms with Crippen molar-refractivity contribution in [3.05, 3.63) is 59.2 Å². The molecule has 2 N–H and O–H groups in total. The number of phenolic OH excluding ortho intramolecular Hbond substituents is 1. The molecule has 0 spiro atoms. The summed E-state index contributed by atoms with van der Waals surface area (Å²) in [6, 6.07) is 12.1. The molecule has 0 radical (unpaired) electrons. The predicted octanol–water partition coefficient (Wildman–Crippen LogP) is 2.61. The second kappa shape index (κ2) is 8.89. The molecule has 0 fully saturated rings. The summed E-state index contributed by atoms with van der Waals surface area (Å²) < 4.78 is 10.2. The maximum Gasteiger partial charge on any atom is 0.339 e. The van der Waals surface area contributed by atoms with Gasteiger partial charge in [-0.3, -0.25) is 4.79 Å². The van der Waals surface area contributed by atoms with Gasteiger partial charge in [0.15, 0.2) is 6.10 Å². The largest absolute Gasteiger partial charge is 0.508 e. The molecule has 0 aliphatic carbocycles. The van der Waals surface area contributed by atoms with Gasteiger partial charge in [0.2, 0.25) is 0 Å². The van der Waals surface area contributed by atoms with Crippen LogP contribution < -0.4 is 10.1 Å². The highest BCUT2D eigenvalue weighted by atomic mass is 16.5. The summed E-state index contributed by atoms with van der Waals surface area (Å²) in [4.78, 5) is 24.1. The van der Waals surface area contributed by atoms with Crippen molar-refractivity contribution in [2.45, 2.75) is 26.4 Å². The van der Waals surface area contributed by atoms with Crippen LogP contribution in [0.2, 0.25) is 0 Å². The number of hydrogen-bond acceptors (Lipinski definition) is 5. The van der Waals surface area contributed by atoms with Crippen molar-refractivity contribution in [1.82, 2.24) is 5.32 Å². The minimum atomic E-state index is -0.929. The Kier molecular flexibility index (Phi) is 6.60. The molecule has 0 bridgehead atoms. The molecule has 1 atom stereocenters. The van der Waals surface area contributed by atoms with E-state index in [1.165, 1.54) is 13.0 Å². The van der Waals surface area contributed by atoms with Crippen LogP contribution in [0, 0.1) is 6.92 Å². The number of ether oxygens (including phenoxy) is 2. The SMILES string of the molecule is COc1ccc(CCNC(=O)C(C)OC(=O)c2ccc(C)c(O)c2)cc1. The third kappa shape index (κ3) is 5.24. The zero-order chi connectivity index (χ0) is 19.1. The molecule has 6 nitrogen and oxygen atoms in total. The molecule has 0 aliphatic rings. The fourth-order valence-corrected chi connectivity index (χ4v) is 2.28. The van der Waals surface area contributed by atoms with E-state index in [0.717, 1.165) is 11.3 Å². The molecule has 1 unspecified atom stereocenters. The van der Waals surface area contributed by atoms with Crippen LogP contribution in [0.25, 0.3) is 0 Å². The zero-order valence-electron chi connectivity index (χ0n) is 15.1. The summed E-state index contributed by atoms with van der Waals surface area (Å²) in [7, 11) is 1.61. The highest BCUT2D eigenvalue weighted by Gasteiger charge is 2.19. The van der Waals surface area contributed by atoms with Crippen molar-refractivity contribution < 1.29 is 24.2 Å². The molecule has 26 heavy (non-hydrogen) atoms. The van der Waals surface area contributed by atoms with Crippen LogP contribution in [-0.2, 0) is 16.0 Å². The summed E-state index contributed by atoms with van der Waals surface area (Å²) in [5.41, 5.74) is 1.92. The summed E-state index contributed by atoms with van der Waals surface area (Å²) in [6.07, 6.45) is -0.274. The number of methoxy groups -OCH3 is 1. The van der Waals surface area contributed by atoms with Crippen molar-refractivity contribution in [2.75, 3.05) is 13.7 Å². The monoisotopic (exact) mass is 357 g/mol. The smallest absolute Gasteiger partial charge is 0.339 e. The first-order valence-corrected chi connectivity index (χ1v) is 8.32. The lowest BCUT2D eigenvalue weighted by atomic mass is 10.1. The van der Waals surface area contributed by atoms with Crippen molar-refractivity contribution in [3.63, 3.8) is 0 Å². The molecule has 2 rings (SSSR count). The maximum absolute atomic E-state index is 12.1. The normalized spacial score (nSPS) is 11.5. The molecule has 0 saturated heterocycles. The van der Waals surface area contributed by atoms with E-state index >= 15 is 0 Å². The fraction of sp³-hybridized carbons (Fsp3) is 0.300. The predicted molar refractivity (Wildman–Crippen MR) is 97.4 cm³/mol. The van der Waals surface area contributed by atoms with Gasteiger partial charge in [-0.2, -0.15) is 0 Å². The fourth-order valence-electron chi connectivity index (χ4n) is 2.28. The lowest BCUT2D eigenvalue weighted by Crippen LogP contribution is -2.36. The topological polar surface area (TPSA) is 84.9 Å². The molecule has 138 valence electrons. The van der Waals surface area contributed by atoms with E-state index in [-0.39, 0.29) is 17.2 Å². The van der Waals surface area contributed by atoms with Crippen LogP contribution >= 0.6 is 0 Å². The van der Waals surface area contributed by atoms with Crippen molar-refractivity contribution in [3.8, 4) is 11.5 Å². The third-order valence-electron chi connectivity index (χ3n) is 3.97. The van der Waals surface area contributed by atoms with Crippen molar-refractivity contribution in [1.29, 1.82) is 0 Å². The second-order valence-corrected chi connectivity index (χ2v) is 5.94. The summed E-state index contributed by atoms with van der Waals surface area (Å²) >= 11 is 0. The van der Waals surface area contributed by atoms with E-state index in [1.807, 2.05) is 24.3 Å². The number of aromatic hydroxyl groups is 1. The quantitative estimate of drug-likeness (QED) is 0.744. The van der Waals surface area contributed by atoms with Gasteiger partial charge in [-0.1, -0.05) is 18.2 Å². The van der Waals surface area contributed by atoms with E-state index in [0.29, 0.717) is 18.5 Å². The number of amides is 1. The average molecular weight is 357 g/mol. The van der Waals surface area contributed by atoms with Gasteiger partial charge < -0.3 is 19.9 Å². The second-order valence-electron chi connectivity index (χ2n) is 5.94. The van der Waals surface area contributed by atoms with Gasteiger partial charge in [0, 0.05) is 6.54 Å². The van der Waals surface area contributed by atoms with Crippen LogP contribution in [0.3, 0.4) is 0 Å². The number of carbonyl (C=O) groups excluding carboxylic acids is 2. The van der Waals surface area contributed by atoms with Gasteiger partial charge in [-0.05, 0) is 55.7 Å². The number of phenols is 1. The van der Waals surface area contributed by atoms with Gasteiger partial charge in [0.1, 0.15) is 11.5 Å². The molecule has 0 aliphatic heterocycles. The Bertz CT molecular complexity index is 770. The van der Waals surface area contributed by atoms with E-state index in [1.54, 1.807) is 26.2 Å². The minimum absolute atomic E-state index is 0.0102. The van der Waals surface area contributed by atoms with Gasteiger partial charge in [0.25, 0.3) is 5.91 Å². The Morgan fingerprint density at radius 3 is 2.46 bits per heavy atom. The Morgan fingerprint density at radius 2 is 1.85 bits per heavy atom. The molecule has 1 amide bonds. The Labute approximate surface area is 152 Å². The molecule has 2 aromatic rings. The minimum Gasteiger partial charge on any atom is -0.508 e. The Balaban J connectivity index is 1.80. The average Bonchev–Trinajstić information content (AvgIpc) is 2.64. The third-order valence-corrected chi connectivity index (χ3v) is 3.97. The van der Waals surface area contributed by atoms with Gasteiger partial charge in [-0.25, -0.2) is 4.79 Å². The number of hydrogen-bond donors (Lipinski definition) is 2. The first-order chi connectivity index (χ1) is 12.4. The van der Waals surface area contributed by atoms with Crippen molar-refractivity contribution in [2.24, 2.45) is 0 Å². The van der Waals surface area contributed by atoms with Crippen molar-refractivity contribution >= 4 is 11.9 Å². The molecular formula is C20H23NO5. The number of carbonyl (C=O) groups is 2. The van der Waals surface area contributed by atoms with E-state index in [4.69, 9.17) is 9.47 Å². The number of aryl methyl sites for hydroxylation is 1. The van der Waals surface area contributed by atoms with Crippen LogP contribution in [0.1, 0.15) is 28.4 Å². The maximum atomic E-state index is 12.1. The molecular weight excluding hydrogens is 334 g/mol. The summed E-state index contributed by atoms with van der Waals surface area (Å²) in [6.45, 7) is 3.66. The zero-order valence-corrected chi connectivity index (χ0v) is 15.1. The molecule has 0 aromatic heterocycles. The molecule has 0 heterocycles. The summed E-state index contributed by atoms with van der Waals surface area (Å²) in [5, 5.41) is 12.4. The van der Waals surface area contributed by atoms with E-state index < -0.39 is 12.1 Å². The molecule has 6 heteroatoms. The highest BCUT2D eigenvalue weighted by Crippen LogP contribution is 2.18. The Morgan fingerprint density at radius 1 is 1.15 bits per heavy atom. The standard InChI is InChI=1S/C20H23NO5/c1-13-4-7-16(12-18(13)22)20(24)26-14(2)19(23)21-11-10-15-5-8-17(25-3)9-6-15/h4-9,12,14,22H,10-11H2,1-3H3,(H,21,23). The van der Waals surface area contributed by atoms with Crippen LogP contribution in [-0.4, -0.2) is 36.7 Å².